The lowest BCUT2D eigenvalue weighted by atomic mass is 10.00. The predicted molar refractivity (Wildman–Crippen MR) is 71.9 cm³/mol. The first-order chi connectivity index (χ1) is 8.54. The van der Waals surface area contributed by atoms with E-state index >= 15 is 0 Å². The molecule has 1 atom stereocenters. The van der Waals surface area contributed by atoms with Crippen LogP contribution in [0.2, 0.25) is 0 Å². The molecule has 4 heteroatoms. The number of aromatic hydroxyl groups is 1. The molecule has 0 aliphatic rings. The molecule has 0 saturated heterocycles. The van der Waals surface area contributed by atoms with Crippen LogP contribution in [0, 0.1) is 0 Å². The number of phenolic OH excluding ortho intramolecular Hbond substituents is 1. The summed E-state index contributed by atoms with van der Waals surface area (Å²) >= 11 is 0. The van der Waals surface area contributed by atoms with Crippen LogP contribution in [-0.4, -0.2) is 29.0 Å². The summed E-state index contributed by atoms with van der Waals surface area (Å²) in [5, 5.41) is 22.2. The van der Waals surface area contributed by atoms with Crippen LogP contribution >= 0.6 is 0 Å². The molecule has 0 aromatic heterocycles. The topological polar surface area (TPSA) is 61.7 Å². The van der Waals surface area contributed by atoms with Gasteiger partial charge in [0.05, 0.1) is 13.2 Å². The summed E-state index contributed by atoms with van der Waals surface area (Å²) in [5.41, 5.74) is 0.744. The molecule has 0 bridgehead atoms. The van der Waals surface area contributed by atoms with Crippen LogP contribution in [0.25, 0.3) is 0 Å². The SMILES string of the molecule is CCOc1cc(CNC(C)(CC)CO)ccc1O. The fourth-order valence-electron chi connectivity index (χ4n) is 1.55. The maximum atomic E-state index is 9.60. The number of aliphatic hydroxyl groups is 1. The van der Waals surface area contributed by atoms with Gasteiger partial charge >= 0.3 is 0 Å². The summed E-state index contributed by atoms with van der Waals surface area (Å²) in [5.74, 6) is 0.653. The highest BCUT2D eigenvalue weighted by atomic mass is 16.5. The van der Waals surface area contributed by atoms with E-state index in [0.29, 0.717) is 18.9 Å². The fourth-order valence-corrected chi connectivity index (χ4v) is 1.55. The standard InChI is InChI=1S/C14H23NO3/c1-4-14(3,10-16)15-9-11-6-7-12(17)13(8-11)18-5-2/h6-8,15-17H,4-5,9-10H2,1-3H3. The Morgan fingerprint density at radius 1 is 1.33 bits per heavy atom. The molecule has 0 spiro atoms. The molecule has 0 radical (unpaired) electrons. The van der Waals surface area contributed by atoms with Gasteiger partial charge in [0.15, 0.2) is 11.5 Å². The van der Waals surface area contributed by atoms with Gasteiger partial charge < -0.3 is 20.3 Å². The third kappa shape index (κ3) is 3.89. The quantitative estimate of drug-likeness (QED) is 0.696. The zero-order chi connectivity index (χ0) is 13.6. The minimum atomic E-state index is -0.274. The third-order valence-electron chi connectivity index (χ3n) is 3.17. The smallest absolute Gasteiger partial charge is 0.161 e. The van der Waals surface area contributed by atoms with Gasteiger partial charge in [0.25, 0.3) is 0 Å². The summed E-state index contributed by atoms with van der Waals surface area (Å²) in [6, 6.07) is 5.29. The highest BCUT2D eigenvalue weighted by Gasteiger charge is 2.19. The van der Waals surface area contributed by atoms with Gasteiger partial charge in [0.2, 0.25) is 0 Å². The van der Waals surface area contributed by atoms with E-state index in [0.717, 1.165) is 12.0 Å². The van der Waals surface area contributed by atoms with Gasteiger partial charge in [-0.2, -0.15) is 0 Å². The van der Waals surface area contributed by atoms with Crippen molar-refractivity contribution in [2.75, 3.05) is 13.2 Å². The van der Waals surface area contributed by atoms with E-state index in [4.69, 9.17) is 4.74 Å². The van der Waals surface area contributed by atoms with Gasteiger partial charge in [-0.3, -0.25) is 0 Å². The molecule has 0 aliphatic carbocycles. The van der Waals surface area contributed by atoms with Crippen molar-refractivity contribution in [1.29, 1.82) is 0 Å². The summed E-state index contributed by atoms with van der Waals surface area (Å²) in [4.78, 5) is 0. The normalized spacial score (nSPS) is 14.2. The predicted octanol–water partition coefficient (Wildman–Crippen LogP) is 2.04. The second kappa shape index (κ2) is 6.61. The number of aliphatic hydroxyl groups excluding tert-OH is 1. The van der Waals surface area contributed by atoms with Crippen molar-refractivity contribution in [2.45, 2.75) is 39.3 Å². The Hall–Kier alpha value is -1.26. The number of benzene rings is 1. The van der Waals surface area contributed by atoms with Crippen LogP contribution in [0.3, 0.4) is 0 Å². The molecule has 1 unspecified atom stereocenters. The maximum Gasteiger partial charge on any atom is 0.161 e. The molecular weight excluding hydrogens is 230 g/mol. The lowest BCUT2D eigenvalue weighted by Gasteiger charge is -2.27. The fraction of sp³-hybridized carbons (Fsp3) is 0.571. The monoisotopic (exact) mass is 253 g/mol. The van der Waals surface area contributed by atoms with Crippen LogP contribution in [0.15, 0.2) is 18.2 Å². The Labute approximate surface area is 109 Å². The summed E-state index contributed by atoms with van der Waals surface area (Å²) < 4.78 is 5.33. The zero-order valence-corrected chi connectivity index (χ0v) is 11.4. The zero-order valence-electron chi connectivity index (χ0n) is 11.4. The second-order valence-electron chi connectivity index (χ2n) is 4.66. The first-order valence-electron chi connectivity index (χ1n) is 6.35. The minimum absolute atomic E-state index is 0.0971. The molecule has 0 saturated carbocycles. The molecule has 1 rings (SSSR count). The number of nitrogens with one attached hydrogen (secondary N) is 1. The molecule has 3 N–H and O–H groups in total. The van der Waals surface area contributed by atoms with Crippen LogP contribution in [-0.2, 0) is 6.54 Å². The van der Waals surface area contributed by atoms with Crippen molar-refractivity contribution in [3.05, 3.63) is 23.8 Å². The van der Waals surface area contributed by atoms with Crippen molar-refractivity contribution < 1.29 is 14.9 Å². The average molecular weight is 253 g/mol. The summed E-state index contributed by atoms with van der Waals surface area (Å²) in [7, 11) is 0. The first kappa shape index (κ1) is 14.8. The van der Waals surface area contributed by atoms with Gasteiger partial charge in [-0.1, -0.05) is 13.0 Å². The largest absolute Gasteiger partial charge is 0.504 e. The molecule has 0 fully saturated rings. The van der Waals surface area contributed by atoms with Crippen molar-refractivity contribution in [3.8, 4) is 11.5 Å². The van der Waals surface area contributed by atoms with E-state index in [1.54, 1.807) is 6.07 Å². The number of phenols is 1. The number of ether oxygens (including phenoxy) is 1. The summed E-state index contributed by atoms with van der Waals surface area (Å²) in [6.45, 7) is 7.14. The Balaban J connectivity index is 2.70. The van der Waals surface area contributed by atoms with Gasteiger partial charge in [-0.05, 0) is 38.0 Å². The van der Waals surface area contributed by atoms with Crippen LogP contribution in [0.5, 0.6) is 11.5 Å². The molecular formula is C14H23NO3. The van der Waals surface area contributed by atoms with Crippen molar-refractivity contribution in [3.63, 3.8) is 0 Å². The lowest BCUT2D eigenvalue weighted by Crippen LogP contribution is -2.44. The van der Waals surface area contributed by atoms with Gasteiger partial charge in [-0.15, -0.1) is 0 Å². The summed E-state index contributed by atoms with van der Waals surface area (Å²) in [6.07, 6.45) is 0.847. The molecule has 0 aliphatic heterocycles. The van der Waals surface area contributed by atoms with E-state index in [1.807, 2.05) is 32.9 Å². The van der Waals surface area contributed by atoms with E-state index in [2.05, 4.69) is 5.32 Å². The minimum Gasteiger partial charge on any atom is -0.504 e. The highest BCUT2D eigenvalue weighted by molar-refractivity contribution is 5.41. The maximum absolute atomic E-state index is 9.60. The second-order valence-corrected chi connectivity index (χ2v) is 4.66. The van der Waals surface area contributed by atoms with E-state index in [9.17, 15) is 10.2 Å². The lowest BCUT2D eigenvalue weighted by molar-refractivity contribution is 0.169. The van der Waals surface area contributed by atoms with Crippen molar-refractivity contribution in [1.82, 2.24) is 5.32 Å². The third-order valence-corrected chi connectivity index (χ3v) is 3.17. The Morgan fingerprint density at radius 2 is 2.06 bits per heavy atom. The van der Waals surface area contributed by atoms with Crippen molar-refractivity contribution >= 4 is 0 Å². The molecule has 4 nitrogen and oxygen atoms in total. The van der Waals surface area contributed by atoms with E-state index in [1.165, 1.54) is 0 Å². The van der Waals surface area contributed by atoms with Crippen LogP contribution < -0.4 is 10.1 Å². The molecule has 1 aromatic rings. The molecule has 102 valence electrons. The average Bonchev–Trinajstić information content (AvgIpc) is 2.39. The highest BCUT2D eigenvalue weighted by Crippen LogP contribution is 2.27. The first-order valence-corrected chi connectivity index (χ1v) is 6.35. The van der Waals surface area contributed by atoms with Crippen LogP contribution in [0.1, 0.15) is 32.8 Å². The van der Waals surface area contributed by atoms with Gasteiger partial charge in [0, 0.05) is 12.1 Å². The molecule has 18 heavy (non-hydrogen) atoms. The Kier molecular flexibility index (Phi) is 5.44. The number of hydrogen-bond acceptors (Lipinski definition) is 4. The number of rotatable bonds is 7. The van der Waals surface area contributed by atoms with Gasteiger partial charge in [0.1, 0.15) is 0 Å². The Bertz CT molecular complexity index is 375. The van der Waals surface area contributed by atoms with Crippen molar-refractivity contribution in [2.24, 2.45) is 0 Å². The van der Waals surface area contributed by atoms with E-state index in [-0.39, 0.29) is 17.9 Å². The molecule has 0 heterocycles. The van der Waals surface area contributed by atoms with E-state index < -0.39 is 0 Å². The number of hydrogen-bond donors (Lipinski definition) is 3. The Morgan fingerprint density at radius 3 is 2.61 bits per heavy atom. The van der Waals surface area contributed by atoms with Gasteiger partial charge in [-0.25, -0.2) is 0 Å². The molecule has 1 aromatic carbocycles. The molecule has 0 amide bonds. The van der Waals surface area contributed by atoms with Crippen LogP contribution in [0.4, 0.5) is 0 Å².